The van der Waals surface area contributed by atoms with Crippen LogP contribution < -0.4 is 15.6 Å². The molecule has 0 atom stereocenters. The van der Waals surface area contributed by atoms with Gasteiger partial charge in [0.2, 0.25) is 0 Å². The molecule has 1 rings (SSSR count). The zero-order valence-corrected chi connectivity index (χ0v) is 12.5. The van der Waals surface area contributed by atoms with Crippen LogP contribution in [-0.2, 0) is 9.59 Å². The van der Waals surface area contributed by atoms with Crippen LogP contribution in [0.25, 0.3) is 0 Å². The van der Waals surface area contributed by atoms with Crippen molar-refractivity contribution in [2.75, 3.05) is 6.61 Å². The van der Waals surface area contributed by atoms with Crippen LogP contribution in [0.15, 0.2) is 42.5 Å². The standard InChI is InChI=1S/C16H20N2O3/c1-4-5-6-7-15(19)17-18-16(20)11-21-14-10-12(2)8-9-13(14)3/h4-10H,11H2,1-3H3,(H,17,19)(H,18,20)/b5-4+,7-6+. The Bertz CT molecular complexity index is 563. The third-order valence-corrected chi connectivity index (χ3v) is 2.58. The number of nitrogens with one attached hydrogen (secondary N) is 2. The molecule has 0 fully saturated rings. The fourth-order valence-electron chi connectivity index (χ4n) is 1.47. The first kappa shape index (κ1) is 16.5. The molecule has 0 aromatic heterocycles. The molecule has 5 nitrogen and oxygen atoms in total. The van der Waals surface area contributed by atoms with Crippen molar-refractivity contribution >= 4 is 11.8 Å². The maximum absolute atomic E-state index is 11.6. The van der Waals surface area contributed by atoms with Crippen LogP contribution in [0.5, 0.6) is 5.75 Å². The lowest BCUT2D eigenvalue weighted by Gasteiger charge is -2.10. The third-order valence-electron chi connectivity index (χ3n) is 2.58. The molecule has 0 heterocycles. The van der Waals surface area contributed by atoms with Crippen molar-refractivity contribution in [2.24, 2.45) is 0 Å². The lowest BCUT2D eigenvalue weighted by atomic mass is 10.1. The highest BCUT2D eigenvalue weighted by molar-refractivity contribution is 5.90. The van der Waals surface area contributed by atoms with E-state index in [1.165, 1.54) is 6.08 Å². The van der Waals surface area contributed by atoms with Crippen LogP contribution >= 0.6 is 0 Å². The summed E-state index contributed by atoms with van der Waals surface area (Å²) in [6.45, 7) is 5.53. The normalized spacial score (nSPS) is 10.8. The van der Waals surface area contributed by atoms with E-state index in [1.807, 2.05) is 39.0 Å². The molecule has 0 unspecified atom stereocenters. The average molecular weight is 288 g/mol. The number of hydrazine groups is 1. The minimum absolute atomic E-state index is 0.164. The first-order valence-electron chi connectivity index (χ1n) is 6.61. The first-order chi connectivity index (χ1) is 10.0. The Morgan fingerprint density at radius 3 is 2.67 bits per heavy atom. The van der Waals surface area contributed by atoms with Gasteiger partial charge in [-0.15, -0.1) is 0 Å². The Morgan fingerprint density at radius 2 is 1.95 bits per heavy atom. The molecular weight excluding hydrogens is 268 g/mol. The predicted octanol–water partition coefficient (Wildman–Crippen LogP) is 1.96. The van der Waals surface area contributed by atoms with E-state index in [0.717, 1.165) is 11.1 Å². The molecule has 0 saturated heterocycles. The zero-order valence-electron chi connectivity index (χ0n) is 12.5. The van der Waals surface area contributed by atoms with Crippen LogP contribution in [-0.4, -0.2) is 18.4 Å². The summed E-state index contributed by atoms with van der Waals surface area (Å²) in [5.41, 5.74) is 6.54. The third kappa shape index (κ3) is 6.42. The van der Waals surface area contributed by atoms with Crippen LogP contribution in [0.1, 0.15) is 18.1 Å². The van der Waals surface area contributed by atoms with Crippen LogP contribution in [0, 0.1) is 13.8 Å². The minimum atomic E-state index is -0.427. The molecule has 0 aliphatic rings. The summed E-state index contributed by atoms with van der Waals surface area (Å²) >= 11 is 0. The van der Waals surface area contributed by atoms with Crippen LogP contribution in [0.3, 0.4) is 0 Å². The first-order valence-corrected chi connectivity index (χ1v) is 6.61. The van der Waals surface area contributed by atoms with Gasteiger partial charge in [-0.3, -0.25) is 20.4 Å². The summed E-state index contributed by atoms with van der Waals surface area (Å²) < 4.78 is 5.42. The number of aryl methyl sites for hydroxylation is 2. The lowest BCUT2D eigenvalue weighted by molar-refractivity contribution is -0.128. The second-order valence-corrected chi connectivity index (χ2v) is 4.48. The van der Waals surface area contributed by atoms with Crippen molar-refractivity contribution < 1.29 is 14.3 Å². The van der Waals surface area contributed by atoms with Gasteiger partial charge in [-0.25, -0.2) is 0 Å². The smallest absolute Gasteiger partial charge is 0.276 e. The van der Waals surface area contributed by atoms with E-state index >= 15 is 0 Å². The Hall–Kier alpha value is -2.56. The largest absolute Gasteiger partial charge is 0.483 e. The summed E-state index contributed by atoms with van der Waals surface area (Å²) in [5.74, 6) is -0.179. The van der Waals surface area contributed by atoms with E-state index in [0.29, 0.717) is 5.75 Å². The molecule has 2 amide bonds. The maximum Gasteiger partial charge on any atom is 0.276 e. The van der Waals surface area contributed by atoms with Gasteiger partial charge < -0.3 is 4.74 Å². The number of carbonyl (C=O) groups is 2. The molecule has 0 spiro atoms. The Kier molecular flexibility index (Phi) is 6.74. The summed E-state index contributed by atoms with van der Waals surface area (Å²) in [6.07, 6.45) is 6.39. The van der Waals surface area contributed by atoms with Gasteiger partial charge in [0.1, 0.15) is 5.75 Å². The van der Waals surface area contributed by atoms with Crippen molar-refractivity contribution in [3.63, 3.8) is 0 Å². The Labute approximate surface area is 124 Å². The molecule has 0 bridgehead atoms. The monoisotopic (exact) mass is 288 g/mol. The molecule has 0 saturated carbocycles. The van der Waals surface area contributed by atoms with Gasteiger partial charge in [0.25, 0.3) is 11.8 Å². The van der Waals surface area contributed by atoms with Crippen molar-refractivity contribution in [1.29, 1.82) is 0 Å². The van der Waals surface area contributed by atoms with E-state index in [1.54, 1.807) is 18.2 Å². The highest BCUT2D eigenvalue weighted by Crippen LogP contribution is 2.18. The fraction of sp³-hybridized carbons (Fsp3) is 0.250. The van der Waals surface area contributed by atoms with E-state index in [-0.39, 0.29) is 6.61 Å². The summed E-state index contributed by atoms with van der Waals surface area (Å²) in [4.78, 5) is 22.9. The number of ether oxygens (including phenoxy) is 1. The number of allylic oxidation sites excluding steroid dienone is 3. The zero-order chi connectivity index (χ0) is 15.7. The Balaban J connectivity index is 2.37. The molecule has 21 heavy (non-hydrogen) atoms. The quantitative estimate of drug-likeness (QED) is 0.494. The predicted molar refractivity (Wildman–Crippen MR) is 81.7 cm³/mol. The van der Waals surface area contributed by atoms with Crippen molar-refractivity contribution in [1.82, 2.24) is 10.9 Å². The fourth-order valence-corrected chi connectivity index (χ4v) is 1.47. The number of amides is 2. The number of hydrogen-bond donors (Lipinski definition) is 2. The Morgan fingerprint density at radius 1 is 1.19 bits per heavy atom. The molecule has 1 aromatic rings. The molecule has 0 aliphatic heterocycles. The number of benzene rings is 1. The molecular formula is C16H20N2O3. The van der Waals surface area contributed by atoms with Gasteiger partial charge in [0.05, 0.1) is 0 Å². The topological polar surface area (TPSA) is 67.4 Å². The molecule has 112 valence electrons. The highest BCUT2D eigenvalue weighted by atomic mass is 16.5. The second kappa shape index (κ2) is 8.58. The summed E-state index contributed by atoms with van der Waals surface area (Å²) in [6, 6.07) is 5.76. The van der Waals surface area contributed by atoms with E-state index in [4.69, 9.17) is 4.74 Å². The molecule has 1 aromatic carbocycles. The van der Waals surface area contributed by atoms with Crippen molar-refractivity contribution in [3.05, 3.63) is 53.6 Å². The molecule has 0 radical (unpaired) electrons. The van der Waals surface area contributed by atoms with E-state index < -0.39 is 11.8 Å². The van der Waals surface area contributed by atoms with Crippen molar-refractivity contribution in [3.8, 4) is 5.75 Å². The van der Waals surface area contributed by atoms with Gasteiger partial charge in [-0.1, -0.05) is 30.4 Å². The van der Waals surface area contributed by atoms with Crippen molar-refractivity contribution in [2.45, 2.75) is 20.8 Å². The average Bonchev–Trinajstić information content (AvgIpc) is 2.46. The van der Waals surface area contributed by atoms with Gasteiger partial charge in [0, 0.05) is 6.08 Å². The molecule has 2 N–H and O–H groups in total. The van der Waals surface area contributed by atoms with Gasteiger partial charge in [-0.05, 0) is 38.0 Å². The summed E-state index contributed by atoms with van der Waals surface area (Å²) in [7, 11) is 0. The van der Waals surface area contributed by atoms with Crippen LogP contribution in [0.2, 0.25) is 0 Å². The van der Waals surface area contributed by atoms with Gasteiger partial charge in [-0.2, -0.15) is 0 Å². The summed E-state index contributed by atoms with van der Waals surface area (Å²) in [5, 5.41) is 0. The van der Waals surface area contributed by atoms with Gasteiger partial charge in [0.15, 0.2) is 6.61 Å². The number of hydrogen-bond acceptors (Lipinski definition) is 3. The maximum atomic E-state index is 11.6. The van der Waals surface area contributed by atoms with Crippen LogP contribution in [0.4, 0.5) is 0 Å². The SMILES string of the molecule is C/C=C/C=C/C(=O)NNC(=O)COc1cc(C)ccc1C. The number of carbonyl (C=O) groups excluding carboxylic acids is 2. The lowest BCUT2D eigenvalue weighted by Crippen LogP contribution is -2.43. The number of rotatable bonds is 5. The van der Waals surface area contributed by atoms with Gasteiger partial charge >= 0.3 is 0 Å². The van der Waals surface area contributed by atoms with E-state index in [9.17, 15) is 9.59 Å². The molecule has 0 aliphatic carbocycles. The second-order valence-electron chi connectivity index (χ2n) is 4.48. The highest BCUT2D eigenvalue weighted by Gasteiger charge is 2.05. The minimum Gasteiger partial charge on any atom is -0.483 e. The van der Waals surface area contributed by atoms with E-state index in [2.05, 4.69) is 10.9 Å². The molecule has 5 heteroatoms.